The molecule has 18 heavy (non-hydrogen) atoms. The summed E-state index contributed by atoms with van der Waals surface area (Å²) in [4.78, 5) is 16.3. The number of pyridine rings is 1. The van der Waals surface area contributed by atoms with Crippen LogP contribution in [0.15, 0.2) is 12.1 Å². The molecule has 0 saturated carbocycles. The molecule has 0 aromatic carbocycles. The number of unbranched alkanes of at least 4 members (excludes halogenated alkanes) is 2. The smallest absolute Gasteiger partial charge is 0.251 e. The van der Waals surface area contributed by atoms with E-state index in [9.17, 15) is 4.79 Å². The molecule has 4 heteroatoms. The topological polar surface area (TPSA) is 54.0 Å². The molecule has 2 N–H and O–H groups in total. The maximum atomic E-state index is 12.0. The fourth-order valence-corrected chi connectivity index (χ4v) is 1.71. The van der Waals surface area contributed by atoms with E-state index in [1.165, 1.54) is 0 Å². The van der Waals surface area contributed by atoms with Gasteiger partial charge in [0, 0.05) is 24.8 Å². The summed E-state index contributed by atoms with van der Waals surface area (Å²) in [5.74, 6) is 0.729. The van der Waals surface area contributed by atoms with Crippen molar-refractivity contribution in [3.63, 3.8) is 0 Å². The monoisotopic (exact) mass is 249 g/mol. The lowest BCUT2D eigenvalue weighted by Crippen LogP contribution is -2.24. The normalized spacial score (nSPS) is 10.2. The SMILES string of the molecule is CCCCCNC(=O)c1cc(CC)nc(NC)c1. The van der Waals surface area contributed by atoms with E-state index >= 15 is 0 Å². The first-order valence-corrected chi connectivity index (χ1v) is 6.68. The molecule has 1 aromatic rings. The maximum absolute atomic E-state index is 12.0. The minimum absolute atomic E-state index is 0.0142. The molecule has 1 rings (SSSR count). The van der Waals surface area contributed by atoms with Gasteiger partial charge in [-0.05, 0) is 25.0 Å². The largest absolute Gasteiger partial charge is 0.373 e. The number of carbonyl (C=O) groups is 1. The van der Waals surface area contributed by atoms with Crippen LogP contribution >= 0.6 is 0 Å². The number of rotatable bonds is 7. The van der Waals surface area contributed by atoms with E-state index in [2.05, 4.69) is 22.5 Å². The molecule has 1 heterocycles. The summed E-state index contributed by atoms with van der Waals surface area (Å²) in [5, 5.41) is 5.92. The Labute approximate surface area is 109 Å². The van der Waals surface area contributed by atoms with Crippen LogP contribution in [-0.4, -0.2) is 24.5 Å². The molecule has 0 spiro atoms. The van der Waals surface area contributed by atoms with Crippen molar-refractivity contribution in [1.29, 1.82) is 0 Å². The summed E-state index contributed by atoms with van der Waals surface area (Å²) in [6.07, 6.45) is 4.17. The minimum atomic E-state index is -0.0142. The first-order chi connectivity index (χ1) is 8.71. The van der Waals surface area contributed by atoms with E-state index in [0.717, 1.165) is 43.7 Å². The van der Waals surface area contributed by atoms with Crippen LogP contribution in [0, 0.1) is 0 Å². The molecule has 0 aliphatic rings. The maximum Gasteiger partial charge on any atom is 0.251 e. The lowest BCUT2D eigenvalue weighted by Gasteiger charge is -2.08. The Kier molecular flexibility index (Phi) is 6.19. The number of nitrogens with zero attached hydrogens (tertiary/aromatic N) is 1. The molecule has 100 valence electrons. The van der Waals surface area contributed by atoms with E-state index in [-0.39, 0.29) is 5.91 Å². The van der Waals surface area contributed by atoms with E-state index in [0.29, 0.717) is 5.56 Å². The minimum Gasteiger partial charge on any atom is -0.373 e. The van der Waals surface area contributed by atoms with Crippen molar-refractivity contribution in [3.05, 3.63) is 23.4 Å². The number of nitrogens with one attached hydrogen (secondary N) is 2. The Balaban J connectivity index is 2.66. The highest BCUT2D eigenvalue weighted by molar-refractivity contribution is 5.94. The summed E-state index contributed by atoms with van der Waals surface area (Å²) in [7, 11) is 1.81. The number of aryl methyl sites for hydroxylation is 1. The summed E-state index contributed by atoms with van der Waals surface area (Å²) >= 11 is 0. The van der Waals surface area contributed by atoms with Crippen molar-refractivity contribution < 1.29 is 4.79 Å². The van der Waals surface area contributed by atoms with Crippen LogP contribution in [0.3, 0.4) is 0 Å². The molecule has 0 saturated heterocycles. The molecule has 1 amide bonds. The van der Waals surface area contributed by atoms with Crippen molar-refractivity contribution in [3.8, 4) is 0 Å². The van der Waals surface area contributed by atoms with Gasteiger partial charge in [0.2, 0.25) is 0 Å². The first kappa shape index (κ1) is 14.5. The summed E-state index contributed by atoms with van der Waals surface area (Å²) < 4.78 is 0. The fraction of sp³-hybridized carbons (Fsp3) is 0.571. The number of carbonyl (C=O) groups excluding carboxylic acids is 1. The van der Waals surface area contributed by atoms with Crippen molar-refractivity contribution in [1.82, 2.24) is 10.3 Å². The number of aromatic nitrogens is 1. The molecular weight excluding hydrogens is 226 g/mol. The quantitative estimate of drug-likeness (QED) is 0.730. The zero-order valence-electron chi connectivity index (χ0n) is 11.5. The van der Waals surface area contributed by atoms with Gasteiger partial charge < -0.3 is 10.6 Å². The van der Waals surface area contributed by atoms with Crippen LogP contribution in [0.25, 0.3) is 0 Å². The van der Waals surface area contributed by atoms with Gasteiger partial charge in [0.05, 0.1) is 0 Å². The van der Waals surface area contributed by atoms with Crippen molar-refractivity contribution in [2.24, 2.45) is 0 Å². The van der Waals surface area contributed by atoms with Crippen LogP contribution in [0.4, 0.5) is 5.82 Å². The van der Waals surface area contributed by atoms with Crippen LogP contribution in [0.1, 0.15) is 49.2 Å². The van der Waals surface area contributed by atoms with Gasteiger partial charge in [-0.2, -0.15) is 0 Å². The van der Waals surface area contributed by atoms with Gasteiger partial charge in [0.25, 0.3) is 5.91 Å². The molecule has 0 aliphatic heterocycles. The Hall–Kier alpha value is -1.58. The molecule has 4 nitrogen and oxygen atoms in total. The molecule has 0 fully saturated rings. The molecule has 0 radical (unpaired) electrons. The van der Waals surface area contributed by atoms with Crippen molar-refractivity contribution in [2.45, 2.75) is 39.5 Å². The zero-order valence-corrected chi connectivity index (χ0v) is 11.5. The Morgan fingerprint density at radius 2 is 2.06 bits per heavy atom. The second-order valence-corrected chi connectivity index (χ2v) is 4.30. The van der Waals surface area contributed by atoms with Gasteiger partial charge in [0.15, 0.2) is 0 Å². The van der Waals surface area contributed by atoms with Gasteiger partial charge in [0.1, 0.15) is 5.82 Å². The van der Waals surface area contributed by atoms with E-state index in [1.54, 1.807) is 6.07 Å². The van der Waals surface area contributed by atoms with Crippen LogP contribution in [0.2, 0.25) is 0 Å². The highest BCUT2D eigenvalue weighted by Crippen LogP contribution is 2.10. The molecular formula is C14H23N3O. The Bertz CT molecular complexity index is 368. The number of anilines is 1. The van der Waals surface area contributed by atoms with Gasteiger partial charge in [-0.15, -0.1) is 0 Å². The zero-order chi connectivity index (χ0) is 13.4. The van der Waals surface area contributed by atoms with E-state index in [1.807, 2.05) is 20.0 Å². The lowest BCUT2D eigenvalue weighted by molar-refractivity contribution is 0.0953. The number of hydrogen-bond donors (Lipinski definition) is 2. The molecule has 0 bridgehead atoms. The molecule has 0 aliphatic carbocycles. The second kappa shape index (κ2) is 7.69. The molecule has 0 atom stereocenters. The van der Waals surface area contributed by atoms with Gasteiger partial charge in [-0.25, -0.2) is 4.98 Å². The average Bonchev–Trinajstić information content (AvgIpc) is 2.42. The predicted octanol–water partition coefficient (Wildman–Crippen LogP) is 2.61. The van der Waals surface area contributed by atoms with E-state index in [4.69, 9.17) is 0 Å². The van der Waals surface area contributed by atoms with Crippen molar-refractivity contribution in [2.75, 3.05) is 18.9 Å². The third-order valence-electron chi connectivity index (χ3n) is 2.82. The highest BCUT2D eigenvalue weighted by atomic mass is 16.1. The standard InChI is InChI=1S/C14H23N3O/c1-4-6-7-8-16-14(18)11-9-12(5-2)17-13(10-11)15-3/h9-10H,4-8H2,1-3H3,(H,15,17)(H,16,18). The van der Waals surface area contributed by atoms with Gasteiger partial charge >= 0.3 is 0 Å². The van der Waals surface area contributed by atoms with Crippen LogP contribution in [0.5, 0.6) is 0 Å². The highest BCUT2D eigenvalue weighted by Gasteiger charge is 2.08. The van der Waals surface area contributed by atoms with Gasteiger partial charge in [-0.1, -0.05) is 26.7 Å². The van der Waals surface area contributed by atoms with Gasteiger partial charge in [-0.3, -0.25) is 4.79 Å². The predicted molar refractivity (Wildman–Crippen MR) is 75.0 cm³/mol. The second-order valence-electron chi connectivity index (χ2n) is 4.30. The summed E-state index contributed by atoms with van der Waals surface area (Å²) in [6, 6.07) is 3.64. The fourth-order valence-electron chi connectivity index (χ4n) is 1.71. The molecule has 0 unspecified atom stereocenters. The lowest BCUT2D eigenvalue weighted by atomic mass is 10.1. The Morgan fingerprint density at radius 1 is 1.28 bits per heavy atom. The average molecular weight is 249 g/mol. The van der Waals surface area contributed by atoms with Crippen LogP contribution in [-0.2, 0) is 6.42 Å². The summed E-state index contributed by atoms with van der Waals surface area (Å²) in [5.41, 5.74) is 1.61. The van der Waals surface area contributed by atoms with Crippen LogP contribution < -0.4 is 10.6 Å². The summed E-state index contributed by atoms with van der Waals surface area (Å²) in [6.45, 7) is 4.92. The van der Waals surface area contributed by atoms with E-state index < -0.39 is 0 Å². The Morgan fingerprint density at radius 3 is 2.67 bits per heavy atom. The number of amides is 1. The number of hydrogen-bond acceptors (Lipinski definition) is 3. The third kappa shape index (κ3) is 4.35. The molecule has 1 aromatic heterocycles. The van der Waals surface area contributed by atoms with Crippen molar-refractivity contribution >= 4 is 11.7 Å². The third-order valence-corrected chi connectivity index (χ3v) is 2.82. The first-order valence-electron chi connectivity index (χ1n) is 6.68.